The number of furan rings is 1. The van der Waals surface area contributed by atoms with E-state index in [4.69, 9.17) is 8.94 Å². The highest BCUT2D eigenvalue weighted by atomic mass is 79.9. The molecule has 30 heavy (non-hydrogen) atoms. The summed E-state index contributed by atoms with van der Waals surface area (Å²) < 4.78 is 13.9. The molecule has 1 aromatic carbocycles. The van der Waals surface area contributed by atoms with Crippen LogP contribution in [0.4, 0.5) is 0 Å². The summed E-state index contributed by atoms with van der Waals surface area (Å²) >= 11 is 6.56. The van der Waals surface area contributed by atoms with Crippen LogP contribution in [0.1, 0.15) is 11.3 Å². The second-order valence-corrected chi connectivity index (χ2v) is 9.10. The molecular formula is C21H15BrN4O2S2. The maximum absolute atomic E-state index is 5.73. The zero-order valence-electron chi connectivity index (χ0n) is 15.6. The molecule has 5 rings (SSSR count). The summed E-state index contributed by atoms with van der Waals surface area (Å²) in [5.74, 6) is 2.77. The molecule has 0 aliphatic heterocycles. The van der Waals surface area contributed by atoms with E-state index in [1.807, 2.05) is 53.9 Å². The maximum Gasteiger partial charge on any atom is 0.200 e. The van der Waals surface area contributed by atoms with Crippen LogP contribution in [0.3, 0.4) is 0 Å². The van der Waals surface area contributed by atoms with Crippen LogP contribution < -0.4 is 0 Å². The number of thiophene rings is 1. The molecule has 0 atom stereocenters. The van der Waals surface area contributed by atoms with Gasteiger partial charge >= 0.3 is 0 Å². The van der Waals surface area contributed by atoms with Gasteiger partial charge in [-0.25, -0.2) is 0 Å². The average molecular weight is 499 g/mol. The molecule has 0 saturated carbocycles. The molecule has 0 aliphatic rings. The summed E-state index contributed by atoms with van der Waals surface area (Å²) in [4.78, 5) is 1.07. The molecule has 0 saturated heterocycles. The Morgan fingerprint density at radius 1 is 1.00 bits per heavy atom. The highest BCUT2D eigenvalue weighted by Crippen LogP contribution is 2.31. The standard InChI is InChI=1S/C21H15BrN4O2S2/c22-19-9-8-16(27-19)20-23-24-21(26(20)12-14-5-2-1-3-6-14)30-13-15-11-17(28-25-15)18-7-4-10-29-18/h1-11H,12-13H2. The molecule has 0 bridgehead atoms. The maximum atomic E-state index is 5.73. The van der Waals surface area contributed by atoms with Gasteiger partial charge in [-0.2, -0.15) is 0 Å². The lowest BCUT2D eigenvalue weighted by Crippen LogP contribution is -2.04. The van der Waals surface area contributed by atoms with Gasteiger partial charge in [0.15, 0.2) is 21.3 Å². The summed E-state index contributed by atoms with van der Waals surface area (Å²) in [6.45, 7) is 0.642. The second kappa shape index (κ2) is 8.63. The van der Waals surface area contributed by atoms with Crippen LogP contribution in [-0.4, -0.2) is 19.9 Å². The van der Waals surface area contributed by atoms with Gasteiger partial charge in [-0.15, -0.1) is 21.5 Å². The zero-order valence-corrected chi connectivity index (χ0v) is 18.8. The third-order valence-corrected chi connectivity index (χ3v) is 6.68. The van der Waals surface area contributed by atoms with Crippen molar-refractivity contribution in [1.29, 1.82) is 0 Å². The lowest BCUT2D eigenvalue weighted by atomic mass is 10.2. The smallest absolute Gasteiger partial charge is 0.200 e. The number of aromatic nitrogens is 4. The number of hydrogen-bond acceptors (Lipinski definition) is 7. The normalized spacial score (nSPS) is 11.2. The molecule has 0 radical (unpaired) electrons. The molecule has 0 amide bonds. The van der Waals surface area contributed by atoms with Gasteiger partial charge in [0.05, 0.1) is 17.1 Å². The van der Waals surface area contributed by atoms with E-state index in [2.05, 4.69) is 48.0 Å². The first kappa shape index (κ1) is 19.3. The van der Waals surface area contributed by atoms with E-state index in [9.17, 15) is 0 Å². The predicted octanol–water partition coefficient (Wildman–Crippen LogP) is 6.36. The van der Waals surface area contributed by atoms with Crippen molar-refractivity contribution >= 4 is 39.0 Å². The third kappa shape index (κ3) is 4.14. The zero-order chi connectivity index (χ0) is 20.3. The number of nitrogens with zero attached hydrogens (tertiary/aromatic N) is 4. The van der Waals surface area contributed by atoms with Crippen molar-refractivity contribution in [1.82, 2.24) is 19.9 Å². The summed E-state index contributed by atoms with van der Waals surface area (Å²) in [5, 5.41) is 15.8. The first-order chi connectivity index (χ1) is 14.8. The van der Waals surface area contributed by atoms with E-state index in [0.29, 0.717) is 28.6 Å². The van der Waals surface area contributed by atoms with Crippen LogP contribution in [0.25, 0.3) is 22.2 Å². The van der Waals surface area contributed by atoms with Crippen LogP contribution in [0.15, 0.2) is 84.8 Å². The molecule has 0 fully saturated rings. The molecule has 0 aliphatic carbocycles. The topological polar surface area (TPSA) is 69.9 Å². The first-order valence-electron chi connectivity index (χ1n) is 9.11. The molecule has 0 unspecified atom stereocenters. The van der Waals surface area contributed by atoms with Gasteiger partial charge in [0.2, 0.25) is 5.82 Å². The Balaban J connectivity index is 1.41. The Hall–Kier alpha value is -2.62. The third-order valence-electron chi connectivity index (χ3n) is 4.37. The van der Waals surface area contributed by atoms with Gasteiger partial charge in [-0.05, 0) is 45.1 Å². The van der Waals surface area contributed by atoms with Crippen molar-refractivity contribution in [3.05, 3.63) is 82.0 Å². The second-order valence-electron chi connectivity index (χ2n) is 6.43. The fraction of sp³-hybridized carbons (Fsp3) is 0.0952. The minimum atomic E-state index is 0.629. The summed E-state index contributed by atoms with van der Waals surface area (Å²) in [6, 6.07) is 20.0. The monoisotopic (exact) mass is 498 g/mol. The van der Waals surface area contributed by atoms with Crippen LogP contribution >= 0.6 is 39.0 Å². The van der Waals surface area contributed by atoms with Crippen LogP contribution in [0.2, 0.25) is 0 Å². The number of thioether (sulfide) groups is 1. The number of halogens is 1. The Morgan fingerprint density at radius 3 is 2.67 bits per heavy atom. The fourth-order valence-electron chi connectivity index (χ4n) is 2.97. The van der Waals surface area contributed by atoms with Gasteiger partial charge in [-0.3, -0.25) is 4.57 Å². The number of hydrogen-bond donors (Lipinski definition) is 0. The first-order valence-corrected chi connectivity index (χ1v) is 11.8. The van der Waals surface area contributed by atoms with Crippen molar-refractivity contribution in [2.45, 2.75) is 17.5 Å². The molecule has 6 nitrogen and oxygen atoms in total. The number of rotatable bonds is 7. The van der Waals surface area contributed by atoms with Gasteiger partial charge in [0.1, 0.15) is 0 Å². The van der Waals surface area contributed by atoms with Gasteiger partial charge < -0.3 is 8.94 Å². The van der Waals surface area contributed by atoms with Crippen molar-refractivity contribution < 1.29 is 8.94 Å². The van der Waals surface area contributed by atoms with E-state index in [1.54, 1.807) is 23.1 Å². The van der Waals surface area contributed by atoms with Crippen molar-refractivity contribution in [2.24, 2.45) is 0 Å². The molecule has 0 spiro atoms. The van der Waals surface area contributed by atoms with Crippen molar-refractivity contribution in [3.8, 4) is 22.2 Å². The molecule has 5 aromatic rings. The van der Waals surface area contributed by atoms with Crippen LogP contribution in [0, 0.1) is 0 Å². The molecule has 9 heteroatoms. The van der Waals surface area contributed by atoms with Gasteiger partial charge in [0, 0.05) is 11.8 Å². The van der Waals surface area contributed by atoms with E-state index >= 15 is 0 Å². The highest BCUT2D eigenvalue weighted by Gasteiger charge is 2.18. The minimum absolute atomic E-state index is 0.629. The van der Waals surface area contributed by atoms with E-state index in [1.165, 1.54) is 0 Å². The molecule has 4 aromatic heterocycles. The van der Waals surface area contributed by atoms with E-state index < -0.39 is 0 Å². The van der Waals surface area contributed by atoms with Crippen molar-refractivity contribution in [3.63, 3.8) is 0 Å². The van der Waals surface area contributed by atoms with E-state index in [-0.39, 0.29) is 0 Å². The lowest BCUT2D eigenvalue weighted by molar-refractivity contribution is 0.427. The summed E-state index contributed by atoms with van der Waals surface area (Å²) in [7, 11) is 0. The SMILES string of the molecule is Brc1ccc(-c2nnc(SCc3cc(-c4cccs4)on3)n2Cc2ccccc2)o1. The molecule has 4 heterocycles. The van der Waals surface area contributed by atoms with Gasteiger partial charge in [-0.1, -0.05) is 53.3 Å². The Labute approximate surface area is 189 Å². The van der Waals surface area contributed by atoms with Crippen LogP contribution in [0.5, 0.6) is 0 Å². The molecule has 150 valence electrons. The average Bonchev–Trinajstić information content (AvgIpc) is 3.55. The lowest BCUT2D eigenvalue weighted by Gasteiger charge is -2.09. The Bertz CT molecular complexity index is 1250. The highest BCUT2D eigenvalue weighted by molar-refractivity contribution is 9.10. The van der Waals surface area contributed by atoms with Crippen molar-refractivity contribution in [2.75, 3.05) is 0 Å². The van der Waals surface area contributed by atoms with Gasteiger partial charge in [0.25, 0.3) is 0 Å². The van der Waals surface area contributed by atoms with Crippen LogP contribution in [-0.2, 0) is 12.3 Å². The summed E-state index contributed by atoms with van der Waals surface area (Å²) in [6.07, 6.45) is 0. The Kier molecular flexibility index (Phi) is 5.56. The minimum Gasteiger partial charge on any atom is -0.446 e. The van der Waals surface area contributed by atoms with E-state index in [0.717, 1.165) is 27.1 Å². The molecule has 0 N–H and O–H groups in total. The largest absolute Gasteiger partial charge is 0.446 e. The Morgan fingerprint density at radius 2 is 1.90 bits per heavy atom. The fourth-order valence-corrected chi connectivity index (χ4v) is 4.77. The predicted molar refractivity (Wildman–Crippen MR) is 120 cm³/mol. The molecular weight excluding hydrogens is 484 g/mol. The quantitative estimate of drug-likeness (QED) is 0.243. The number of benzene rings is 1. The summed E-state index contributed by atoms with van der Waals surface area (Å²) in [5.41, 5.74) is 2.02.